The first-order valence-corrected chi connectivity index (χ1v) is 6.38. The third kappa shape index (κ3) is 4.09. The molecule has 0 heterocycles. The van der Waals surface area contributed by atoms with Crippen LogP contribution in [-0.2, 0) is 11.2 Å². The largest absolute Gasteiger partial charge is 0.480 e. The minimum absolute atomic E-state index is 0.252. The first-order chi connectivity index (χ1) is 8.75. The lowest BCUT2D eigenvalue weighted by Crippen LogP contribution is -2.48. The molecule has 104 valence electrons. The molecule has 0 radical (unpaired) electrons. The van der Waals surface area contributed by atoms with Gasteiger partial charge in [0, 0.05) is 11.1 Å². The van der Waals surface area contributed by atoms with E-state index in [1.165, 1.54) is 4.90 Å². The second-order valence-electron chi connectivity index (χ2n) is 5.51. The Morgan fingerprint density at radius 3 is 2.05 bits per heavy atom. The molecule has 0 spiro atoms. The van der Waals surface area contributed by atoms with Crippen molar-refractivity contribution in [3.05, 3.63) is 35.4 Å². The van der Waals surface area contributed by atoms with Crippen LogP contribution in [0, 0.1) is 0 Å². The summed E-state index contributed by atoms with van der Waals surface area (Å²) in [6, 6.07) is 7.30. The van der Waals surface area contributed by atoms with Crippen LogP contribution in [0.2, 0.25) is 0 Å². The van der Waals surface area contributed by atoms with Gasteiger partial charge in [0.15, 0.2) is 0 Å². The number of rotatable bonds is 4. The van der Waals surface area contributed by atoms with Crippen LogP contribution < -0.4 is 0 Å². The van der Waals surface area contributed by atoms with Crippen LogP contribution in [0.1, 0.15) is 43.6 Å². The Labute approximate surface area is 114 Å². The van der Waals surface area contributed by atoms with Gasteiger partial charge in [0.25, 0.3) is 5.91 Å². The highest BCUT2D eigenvalue weighted by atomic mass is 16.4. The standard InChI is InChI=1S/C15H21NO3/c1-5-11-6-8-12(9-7-11)14(19)16(10-13(17)18)15(2,3)4/h6-9H,5,10H2,1-4H3,(H,17,18). The van der Waals surface area contributed by atoms with Crippen LogP contribution in [0.15, 0.2) is 24.3 Å². The monoisotopic (exact) mass is 263 g/mol. The van der Waals surface area contributed by atoms with Gasteiger partial charge in [-0.25, -0.2) is 0 Å². The Hall–Kier alpha value is -1.84. The van der Waals surface area contributed by atoms with E-state index < -0.39 is 11.5 Å². The lowest BCUT2D eigenvalue weighted by Gasteiger charge is -2.34. The molecule has 0 atom stereocenters. The quantitative estimate of drug-likeness (QED) is 0.908. The minimum Gasteiger partial charge on any atom is -0.480 e. The summed E-state index contributed by atoms with van der Waals surface area (Å²) in [6.45, 7) is 7.23. The number of hydrogen-bond acceptors (Lipinski definition) is 2. The molecule has 0 aliphatic heterocycles. The molecule has 0 bridgehead atoms. The number of aliphatic carboxylic acids is 1. The van der Waals surface area contributed by atoms with Crippen molar-refractivity contribution in [2.24, 2.45) is 0 Å². The summed E-state index contributed by atoms with van der Waals surface area (Å²) < 4.78 is 0. The summed E-state index contributed by atoms with van der Waals surface area (Å²) in [4.78, 5) is 24.7. The molecule has 1 N–H and O–H groups in total. The second kappa shape index (κ2) is 5.87. The van der Waals surface area contributed by atoms with Crippen LogP contribution in [0.5, 0.6) is 0 Å². The summed E-state index contributed by atoms with van der Waals surface area (Å²) in [6.07, 6.45) is 0.909. The Morgan fingerprint density at radius 1 is 1.16 bits per heavy atom. The number of amides is 1. The van der Waals surface area contributed by atoms with Crippen LogP contribution >= 0.6 is 0 Å². The van der Waals surface area contributed by atoms with Crippen molar-refractivity contribution in [2.75, 3.05) is 6.54 Å². The van der Waals surface area contributed by atoms with Crippen molar-refractivity contribution < 1.29 is 14.7 Å². The fourth-order valence-electron chi connectivity index (χ4n) is 1.79. The summed E-state index contributed by atoms with van der Waals surface area (Å²) in [5, 5.41) is 8.93. The number of carbonyl (C=O) groups excluding carboxylic acids is 1. The molecule has 19 heavy (non-hydrogen) atoms. The average molecular weight is 263 g/mol. The van der Waals surface area contributed by atoms with Crippen LogP contribution in [-0.4, -0.2) is 34.0 Å². The van der Waals surface area contributed by atoms with E-state index in [0.29, 0.717) is 5.56 Å². The van der Waals surface area contributed by atoms with Gasteiger partial charge >= 0.3 is 5.97 Å². The SMILES string of the molecule is CCc1ccc(C(=O)N(CC(=O)O)C(C)(C)C)cc1. The molecule has 4 heteroatoms. The molecule has 0 aliphatic rings. The lowest BCUT2D eigenvalue weighted by atomic mass is 10.0. The highest BCUT2D eigenvalue weighted by Crippen LogP contribution is 2.17. The molecule has 4 nitrogen and oxygen atoms in total. The molecule has 1 amide bonds. The van der Waals surface area contributed by atoms with Gasteiger partial charge in [-0.2, -0.15) is 0 Å². The predicted molar refractivity (Wildman–Crippen MR) is 74.2 cm³/mol. The molecule has 0 fully saturated rings. The smallest absolute Gasteiger partial charge is 0.323 e. The van der Waals surface area contributed by atoms with Crippen molar-refractivity contribution in [1.82, 2.24) is 4.90 Å². The summed E-state index contributed by atoms with van der Waals surface area (Å²) in [5.41, 5.74) is 1.14. The van der Waals surface area contributed by atoms with Crippen molar-refractivity contribution in [1.29, 1.82) is 0 Å². The van der Waals surface area contributed by atoms with Gasteiger partial charge in [-0.05, 0) is 44.9 Å². The second-order valence-corrected chi connectivity index (χ2v) is 5.51. The van der Waals surface area contributed by atoms with Crippen LogP contribution in [0.4, 0.5) is 0 Å². The Bertz CT molecular complexity index is 457. The maximum atomic E-state index is 12.4. The van der Waals surface area contributed by atoms with E-state index in [4.69, 9.17) is 5.11 Å². The van der Waals surface area contributed by atoms with Gasteiger partial charge in [0.2, 0.25) is 0 Å². The highest BCUT2D eigenvalue weighted by molar-refractivity contribution is 5.96. The number of benzene rings is 1. The average Bonchev–Trinajstić information content (AvgIpc) is 2.34. The van der Waals surface area contributed by atoms with E-state index in [1.54, 1.807) is 12.1 Å². The maximum Gasteiger partial charge on any atom is 0.323 e. The van der Waals surface area contributed by atoms with Gasteiger partial charge in [-0.1, -0.05) is 19.1 Å². The van der Waals surface area contributed by atoms with Gasteiger partial charge in [-0.15, -0.1) is 0 Å². The summed E-state index contributed by atoms with van der Waals surface area (Å²) >= 11 is 0. The Kier molecular flexibility index (Phi) is 4.70. The van der Waals surface area contributed by atoms with Gasteiger partial charge in [0.05, 0.1) is 0 Å². The predicted octanol–water partition coefficient (Wildman–Crippen LogP) is 2.57. The fourth-order valence-corrected chi connectivity index (χ4v) is 1.79. The van der Waals surface area contributed by atoms with Gasteiger partial charge in [0.1, 0.15) is 6.54 Å². The number of hydrogen-bond donors (Lipinski definition) is 1. The fraction of sp³-hybridized carbons (Fsp3) is 0.467. The first-order valence-electron chi connectivity index (χ1n) is 6.38. The van der Waals surface area contributed by atoms with E-state index in [0.717, 1.165) is 12.0 Å². The minimum atomic E-state index is -1.01. The van der Waals surface area contributed by atoms with Crippen LogP contribution in [0.25, 0.3) is 0 Å². The molecule has 1 rings (SSSR count). The molecule has 1 aromatic carbocycles. The van der Waals surface area contributed by atoms with Gasteiger partial charge < -0.3 is 10.0 Å². The Balaban J connectivity index is 3.01. The molecule has 0 saturated carbocycles. The van der Waals surface area contributed by atoms with Crippen molar-refractivity contribution in [2.45, 2.75) is 39.7 Å². The van der Waals surface area contributed by atoms with Crippen molar-refractivity contribution in [3.63, 3.8) is 0 Å². The molecular formula is C15H21NO3. The van der Waals surface area contributed by atoms with E-state index in [9.17, 15) is 9.59 Å². The number of nitrogens with zero attached hydrogens (tertiary/aromatic N) is 1. The first kappa shape index (κ1) is 15.2. The van der Waals surface area contributed by atoms with E-state index in [2.05, 4.69) is 0 Å². The molecule has 0 unspecified atom stereocenters. The third-order valence-corrected chi connectivity index (χ3v) is 2.96. The normalized spacial score (nSPS) is 11.2. The molecule has 1 aromatic rings. The number of carbonyl (C=O) groups is 2. The zero-order valence-electron chi connectivity index (χ0n) is 11.9. The number of carboxylic acids is 1. The molecular weight excluding hydrogens is 242 g/mol. The molecule has 0 aromatic heterocycles. The Morgan fingerprint density at radius 2 is 1.68 bits per heavy atom. The summed E-state index contributed by atoms with van der Waals surface area (Å²) in [7, 11) is 0. The van der Waals surface area contributed by atoms with Crippen molar-refractivity contribution >= 4 is 11.9 Å². The summed E-state index contributed by atoms with van der Waals surface area (Å²) in [5.74, 6) is -1.26. The van der Waals surface area contributed by atoms with E-state index >= 15 is 0 Å². The number of aryl methyl sites for hydroxylation is 1. The molecule has 0 saturated heterocycles. The third-order valence-electron chi connectivity index (χ3n) is 2.96. The zero-order chi connectivity index (χ0) is 14.6. The van der Waals surface area contributed by atoms with Gasteiger partial charge in [-0.3, -0.25) is 9.59 Å². The topological polar surface area (TPSA) is 57.6 Å². The lowest BCUT2D eigenvalue weighted by molar-refractivity contribution is -0.138. The van der Waals surface area contributed by atoms with E-state index in [-0.39, 0.29) is 12.5 Å². The molecule has 0 aliphatic carbocycles. The van der Waals surface area contributed by atoms with E-state index in [1.807, 2.05) is 39.8 Å². The highest BCUT2D eigenvalue weighted by Gasteiger charge is 2.29. The van der Waals surface area contributed by atoms with Crippen molar-refractivity contribution in [3.8, 4) is 0 Å². The zero-order valence-corrected chi connectivity index (χ0v) is 11.9. The van der Waals surface area contributed by atoms with Crippen LogP contribution in [0.3, 0.4) is 0 Å². The number of carboxylic acid groups (broad SMARTS) is 1. The maximum absolute atomic E-state index is 12.4.